The van der Waals surface area contributed by atoms with Crippen molar-refractivity contribution in [2.75, 3.05) is 20.2 Å². The minimum absolute atomic E-state index is 0.0656. The summed E-state index contributed by atoms with van der Waals surface area (Å²) in [6.07, 6.45) is 5.00. The predicted molar refractivity (Wildman–Crippen MR) is 86.2 cm³/mol. The van der Waals surface area contributed by atoms with Crippen molar-refractivity contribution in [1.82, 2.24) is 4.31 Å². The Morgan fingerprint density at radius 1 is 1.30 bits per heavy atom. The second-order valence-electron chi connectivity index (χ2n) is 4.46. The Kier molecular flexibility index (Phi) is 6.74. The normalized spacial score (nSPS) is 11.6. The number of methoxy groups -OCH3 is 1. The topological polar surface area (TPSA) is 86.7 Å². The Hall–Kier alpha value is -2.38. The molecule has 0 bridgehead atoms. The number of carboxylic acids is 1. The summed E-state index contributed by atoms with van der Waals surface area (Å²) in [4.78, 5) is 10.4. The molecule has 23 heavy (non-hydrogen) atoms. The van der Waals surface area contributed by atoms with Gasteiger partial charge < -0.3 is 14.6 Å². The van der Waals surface area contributed by atoms with Crippen LogP contribution in [0.4, 0.5) is 0 Å². The zero-order chi connectivity index (χ0) is 17.5. The zero-order valence-electron chi connectivity index (χ0n) is 12.8. The van der Waals surface area contributed by atoms with Crippen LogP contribution in [-0.2, 0) is 14.8 Å². The average Bonchev–Trinajstić information content (AvgIpc) is 2.52. The Morgan fingerprint density at radius 2 is 1.91 bits per heavy atom. The number of rotatable bonds is 9. The van der Waals surface area contributed by atoms with Crippen molar-refractivity contribution in [2.45, 2.75) is 4.90 Å². The lowest BCUT2D eigenvalue weighted by Crippen LogP contribution is -2.31. The van der Waals surface area contributed by atoms with Gasteiger partial charge in [0.1, 0.15) is 10.6 Å². The molecule has 0 saturated heterocycles. The van der Waals surface area contributed by atoms with Crippen molar-refractivity contribution < 1.29 is 23.1 Å². The summed E-state index contributed by atoms with van der Waals surface area (Å²) < 4.78 is 31.8. The van der Waals surface area contributed by atoms with Crippen LogP contribution in [0.5, 0.6) is 5.75 Å². The van der Waals surface area contributed by atoms with Crippen molar-refractivity contribution in [3.63, 3.8) is 0 Å². The van der Waals surface area contributed by atoms with Crippen LogP contribution in [-0.4, -0.2) is 38.9 Å². The van der Waals surface area contributed by atoms with E-state index in [9.17, 15) is 18.3 Å². The van der Waals surface area contributed by atoms with Crippen LogP contribution in [0.15, 0.2) is 54.5 Å². The molecule has 0 aliphatic rings. The maximum absolute atomic E-state index is 12.8. The van der Waals surface area contributed by atoms with Crippen LogP contribution < -0.4 is 9.84 Å². The predicted octanol–water partition coefficient (Wildman–Crippen LogP) is 0.821. The first kappa shape index (κ1) is 18.7. The van der Waals surface area contributed by atoms with E-state index in [0.717, 1.165) is 6.08 Å². The first-order valence-electron chi connectivity index (χ1n) is 6.65. The third kappa shape index (κ3) is 4.80. The van der Waals surface area contributed by atoms with E-state index >= 15 is 0 Å². The van der Waals surface area contributed by atoms with Gasteiger partial charge in [0, 0.05) is 13.1 Å². The van der Waals surface area contributed by atoms with Gasteiger partial charge in [-0.1, -0.05) is 24.3 Å². The fourth-order valence-corrected chi connectivity index (χ4v) is 3.43. The molecule has 0 atom stereocenters. The van der Waals surface area contributed by atoms with Crippen LogP contribution in [0.1, 0.15) is 5.56 Å². The number of hydrogen-bond donors (Lipinski definition) is 0. The Balaban J connectivity index is 3.41. The van der Waals surface area contributed by atoms with Gasteiger partial charge in [0.2, 0.25) is 10.0 Å². The summed E-state index contributed by atoms with van der Waals surface area (Å²) in [6, 6.07) is 4.34. The maximum atomic E-state index is 12.8. The number of nitrogens with zero attached hydrogens (tertiary/aromatic N) is 1. The molecule has 0 heterocycles. The van der Waals surface area contributed by atoms with E-state index in [4.69, 9.17) is 4.74 Å². The maximum Gasteiger partial charge on any atom is 0.247 e. The largest absolute Gasteiger partial charge is 0.545 e. The molecule has 0 aromatic heterocycles. The van der Waals surface area contributed by atoms with Crippen molar-refractivity contribution in [3.8, 4) is 5.75 Å². The number of carboxylic acid groups (broad SMARTS) is 1. The number of ether oxygens (including phenoxy) is 1. The van der Waals surface area contributed by atoms with Crippen molar-refractivity contribution in [3.05, 3.63) is 55.1 Å². The Bertz CT molecular complexity index is 712. The van der Waals surface area contributed by atoms with E-state index in [1.807, 2.05) is 0 Å². The van der Waals surface area contributed by atoms with Crippen LogP contribution in [0.25, 0.3) is 6.08 Å². The smallest absolute Gasteiger partial charge is 0.247 e. The molecule has 0 N–H and O–H groups in total. The van der Waals surface area contributed by atoms with Gasteiger partial charge in [-0.15, -0.1) is 13.2 Å². The van der Waals surface area contributed by atoms with Crippen molar-refractivity contribution in [1.29, 1.82) is 0 Å². The molecule has 0 spiro atoms. The summed E-state index contributed by atoms with van der Waals surface area (Å²) in [5.41, 5.74) is 0.394. The van der Waals surface area contributed by atoms with Crippen molar-refractivity contribution in [2.24, 2.45) is 0 Å². The quantitative estimate of drug-likeness (QED) is 0.492. The number of carbonyl (C=O) groups excluding carboxylic acids is 1. The lowest BCUT2D eigenvalue weighted by molar-refractivity contribution is -0.297. The van der Waals surface area contributed by atoms with Gasteiger partial charge in [0.25, 0.3) is 0 Å². The minimum Gasteiger partial charge on any atom is -0.545 e. The molecule has 124 valence electrons. The monoisotopic (exact) mass is 336 g/mol. The highest BCUT2D eigenvalue weighted by atomic mass is 32.2. The molecule has 0 unspecified atom stereocenters. The molecule has 1 aromatic carbocycles. The molecule has 0 aliphatic heterocycles. The number of aliphatic carboxylic acids is 1. The Labute approximate surface area is 136 Å². The van der Waals surface area contributed by atoms with Crippen LogP contribution in [0, 0.1) is 0 Å². The summed E-state index contributed by atoms with van der Waals surface area (Å²) in [7, 11) is -2.50. The first-order chi connectivity index (χ1) is 10.9. The van der Waals surface area contributed by atoms with E-state index < -0.39 is 16.0 Å². The number of hydrogen-bond acceptors (Lipinski definition) is 5. The molecular formula is C16H18NO5S-. The fraction of sp³-hybridized carbons (Fsp3) is 0.188. The fourth-order valence-electron chi connectivity index (χ4n) is 1.86. The second-order valence-corrected chi connectivity index (χ2v) is 6.37. The third-order valence-corrected chi connectivity index (χ3v) is 4.74. The summed E-state index contributed by atoms with van der Waals surface area (Å²) >= 11 is 0. The minimum atomic E-state index is -3.86. The van der Waals surface area contributed by atoms with E-state index in [0.29, 0.717) is 5.56 Å². The number of benzene rings is 1. The van der Waals surface area contributed by atoms with E-state index in [2.05, 4.69) is 13.2 Å². The van der Waals surface area contributed by atoms with Crippen molar-refractivity contribution >= 4 is 22.1 Å². The highest BCUT2D eigenvalue weighted by Gasteiger charge is 2.26. The van der Waals surface area contributed by atoms with Gasteiger partial charge in [-0.05, 0) is 23.8 Å². The molecule has 7 heteroatoms. The molecule has 1 rings (SSSR count). The van der Waals surface area contributed by atoms with Gasteiger partial charge in [0.05, 0.1) is 13.1 Å². The van der Waals surface area contributed by atoms with Crippen LogP contribution >= 0.6 is 0 Å². The van der Waals surface area contributed by atoms with E-state index in [1.165, 1.54) is 41.8 Å². The third-order valence-electron chi connectivity index (χ3n) is 2.88. The van der Waals surface area contributed by atoms with E-state index in [1.54, 1.807) is 6.07 Å². The summed E-state index contributed by atoms with van der Waals surface area (Å²) in [5, 5.41) is 10.5. The number of sulfonamides is 1. The highest BCUT2D eigenvalue weighted by Crippen LogP contribution is 2.28. The van der Waals surface area contributed by atoms with Gasteiger partial charge in [-0.3, -0.25) is 0 Å². The lowest BCUT2D eigenvalue weighted by atomic mass is 10.2. The standard InChI is InChI=1S/C16H19NO5S/c1-4-10-17(11-5-2)23(20,21)15-12-13(7-9-16(18)19)6-8-14(15)22-3/h4-9,12H,1-2,10-11H2,3H3,(H,18,19)/p-1/b9-7+. The first-order valence-corrected chi connectivity index (χ1v) is 8.09. The van der Waals surface area contributed by atoms with Gasteiger partial charge in [-0.25, -0.2) is 8.42 Å². The van der Waals surface area contributed by atoms with Crippen LogP contribution in [0.3, 0.4) is 0 Å². The molecule has 0 saturated carbocycles. The summed E-state index contributed by atoms with van der Waals surface area (Å²) in [5.74, 6) is -1.21. The van der Waals surface area contributed by atoms with Gasteiger partial charge >= 0.3 is 0 Å². The second kappa shape index (κ2) is 8.30. The lowest BCUT2D eigenvalue weighted by Gasteiger charge is -2.20. The summed E-state index contributed by atoms with van der Waals surface area (Å²) in [6.45, 7) is 7.30. The SMILES string of the molecule is C=CCN(CC=C)S(=O)(=O)c1cc(/C=C/C(=O)[O-])ccc1OC. The number of carbonyl (C=O) groups is 1. The molecule has 6 nitrogen and oxygen atoms in total. The molecule has 1 aromatic rings. The molecule has 0 fully saturated rings. The average molecular weight is 336 g/mol. The molecule has 0 aliphatic carbocycles. The molecule has 0 radical (unpaired) electrons. The van der Waals surface area contributed by atoms with Gasteiger partial charge in [-0.2, -0.15) is 4.31 Å². The van der Waals surface area contributed by atoms with Crippen LogP contribution in [0.2, 0.25) is 0 Å². The molecule has 0 amide bonds. The Morgan fingerprint density at radius 3 is 2.39 bits per heavy atom. The van der Waals surface area contributed by atoms with E-state index in [-0.39, 0.29) is 23.7 Å². The van der Waals surface area contributed by atoms with Gasteiger partial charge in [0.15, 0.2) is 0 Å². The highest BCUT2D eigenvalue weighted by molar-refractivity contribution is 7.89. The zero-order valence-corrected chi connectivity index (χ0v) is 13.6. The molecular weight excluding hydrogens is 318 g/mol.